The van der Waals surface area contributed by atoms with Gasteiger partial charge in [0.15, 0.2) is 0 Å². The van der Waals surface area contributed by atoms with Gasteiger partial charge in [0, 0.05) is 28.8 Å². The van der Waals surface area contributed by atoms with Crippen molar-refractivity contribution in [1.82, 2.24) is 4.90 Å². The van der Waals surface area contributed by atoms with Crippen LogP contribution in [-0.2, 0) is 16.8 Å². The van der Waals surface area contributed by atoms with E-state index in [0.717, 1.165) is 22.3 Å². The molecule has 5 nitrogen and oxygen atoms in total. The van der Waals surface area contributed by atoms with Crippen molar-refractivity contribution in [2.24, 2.45) is 0 Å². The summed E-state index contributed by atoms with van der Waals surface area (Å²) in [6, 6.07) is 15.0. The molecular formula is C25H23NO4. The second-order valence-electron chi connectivity index (χ2n) is 7.96. The number of hydrogen-bond donors (Lipinski definition) is 2. The minimum Gasteiger partial charge on any atom is -0.508 e. The second kappa shape index (κ2) is 6.26. The second-order valence-corrected chi connectivity index (χ2v) is 7.96. The van der Waals surface area contributed by atoms with E-state index in [1.165, 1.54) is 0 Å². The van der Waals surface area contributed by atoms with Crippen LogP contribution in [0.15, 0.2) is 48.5 Å². The van der Waals surface area contributed by atoms with Crippen molar-refractivity contribution in [3.63, 3.8) is 0 Å². The first-order valence-electron chi connectivity index (χ1n) is 10.1. The highest BCUT2D eigenvalue weighted by molar-refractivity contribution is 5.87. The van der Waals surface area contributed by atoms with Gasteiger partial charge in [0.25, 0.3) is 0 Å². The Kier molecular flexibility index (Phi) is 3.87. The maximum Gasteiger partial charge on any atom is 0.228 e. The molecule has 0 atom stereocenters. The number of amides is 1. The van der Waals surface area contributed by atoms with Crippen LogP contribution in [0, 0.1) is 13.8 Å². The molecule has 0 aromatic heterocycles. The zero-order valence-electron chi connectivity index (χ0n) is 17.2. The average Bonchev–Trinajstić information content (AvgIpc) is 2.74. The van der Waals surface area contributed by atoms with E-state index < -0.39 is 5.54 Å². The number of likely N-dealkylation sites (N-methyl/N-ethyl adjacent to an activating group) is 1. The molecule has 0 radical (unpaired) electrons. The number of ether oxygens (including phenoxy) is 1. The van der Waals surface area contributed by atoms with Gasteiger partial charge in [-0.1, -0.05) is 24.3 Å². The van der Waals surface area contributed by atoms with Crippen LogP contribution in [0.25, 0.3) is 0 Å². The van der Waals surface area contributed by atoms with E-state index in [2.05, 4.69) is 6.07 Å². The van der Waals surface area contributed by atoms with Crippen molar-refractivity contribution in [2.45, 2.75) is 32.7 Å². The van der Waals surface area contributed by atoms with Gasteiger partial charge >= 0.3 is 0 Å². The van der Waals surface area contributed by atoms with Crippen LogP contribution in [0.1, 0.15) is 40.3 Å². The first kappa shape index (κ1) is 18.6. The molecule has 2 aliphatic rings. The van der Waals surface area contributed by atoms with Gasteiger partial charge in [-0.25, -0.2) is 0 Å². The van der Waals surface area contributed by atoms with Crippen LogP contribution in [0.2, 0.25) is 0 Å². The van der Waals surface area contributed by atoms with Crippen molar-refractivity contribution in [2.75, 3.05) is 6.54 Å². The molecule has 30 heavy (non-hydrogen) atoms. The minimum absolute atomic E-state index is 0.0338. The summed E-state index contributed by atoms with van der Waals surface area (Å²) < 4.78 is 6.31. The van der Waals surface area contributed by atoms with Crippen LogP contribution >= 0.6 is 0 Å². The first-order valence-corrected chi connectivity index (χ1v) is 10.1. The third kappa shape index (κ3) is 2.15. The van der Waals surface area contributed by atoms with E-state index in [9.17, 15) is 15.0 Å². The highest BCUT2D eigenvalue weighted by Gasteiger charge is 2.53. The van der Waals surface area contributed by atoms with E-state index >= 15 is 0 Å². The lowest BCUT2D eigenvalue weighted by atomic mass is 9.68. The Labute approximate surface area is 175 Å². The molecule has 3 aromatic rings. The molecule has 2 aliphatic heterocycles. The highest BCUT2D eigenvalue weighted by Crippen LogP contribution is 2.58. The molecule has 5 rings (SSSR count). The van der Waals surface area contributed by atoms with Gasteiger partial charge in [-0.15, -0.1) is 0 Å². The molecule has 152 valence electrons. The highest BCUT2D eigenvalue weighted by atomic mass is 16.5. The number of carbonyl (C=O) groups excluding carboxylic acids is 1. The third-order valence-electron chi connectivity index (χ3n) is 6.51. The lowest BCUT2D eigenvalue weighted by molar-refractivity contribution is -0.135. The fourth-order valence-corrected chi connectivity index (χ4v) is 5.06. The quantitative estimate of drug-likeness (QED) is 0.629. The van der Waals surface area contributed by atoms with Gasteiger partial charge in [0.05, 0.1) is 6.42 Å². The summed E-state index contributed by atoms with van der Waals surface area (Å²) in [5.41, 5.74) is 3.93. The molecule has 5 heteroatoms. The molecule has 3 aromatic carbocycles. The fourth-order valence-electron chi connectivity index (χ4n) is 5.06. The Morgan fingerprint density at radius 3 is 2.03 bits per heavy atom. The maximum absolute atomic E-state index is 13.4. The number of phenolic OH excluding ortho intramolecular Hbond substituents is 2. The van der Waals surface area contributed by atoms with Crippen LogP contribution in [-0.4, -0.2) is 27.6 Å². The number of hydrogen-bond acceptors (Lipinski definition) is 4. The van der Waals surface area contributed by atoms with Crippen LogP contribution in [0.5, 0.6) is 23.0 Å². The molecule has 0 saturated carbocycles. The van der Waals surface area contributed by atoms with Crippen molar-refractivity contribution in [3.8, 4) is 23.0 Å². The zero-order valence-corrected chi connectivity index (χ0v) is 17.2. The summed E-state index contributed by atoms with van der Waals surface area (Å²) in [4.78, 5) is 15.3. The maximum atomic E-state index is 13.4. The largest absolute Gasteiger partial charge is 0.508 e. The smallest absolute Gasteiger partial charge is 0.228 e. The lowest BCUT2D eigenvalue weighted by Gasteiger charge is -2.51. The van der Waals surface area contributed by atoms with Gasteiger partial charge in [0.1, 0.15) is 28.5 Å². The Bertz CT molecular complexity index is 1160. The summed E-state index contributed by atoms with van der Waals surface area (Å²) >= 11 is 0. The number of carbonyl (C=O) groups is 1. The molecule has 0 aliphatic carbocycles. The van der Waals surface area contributed by atoms with Gasteiger partial charge in [0.2, 0.25) is 5.91 Å². The lowest BCUT2D eigenvalue weighted by Crippen LogP contribution is -2.56. The number of fused-ring (bicyclic) bond motifs is 6. The fraction of sp³-hybridized carbons (Fsp3) is 0.240. The molecule has 0 saturated heterocycles. The summed E-state index contributed by atoms with van der Waals surface area (Å²) in [6.45, 7) is 6.09. The Morgan fingerprint density at radius 2 is 1.47 bits per heavy atom. The predicted molar refractivity (Wildman–Crippen MR) is 113 cm³/mol. The van der Waals surface area contributed by atoms with Gasteiger partial charge in [-0.05, 0) is 56.2 Å². The summed E-state index contributed by atoms with van der Waals surface area (Å²) in [5, 5.41) is 20.8. The number of aromatic hydroxyl groups is 2. The van der Waals surface area contributed by atoms with Crippen LogP contribution < -0.4 is 4.74 Å². The summed E-state index contributed by atoms with van der Waals surface area (Å²) in [6.07, 6.45) is 0.339. The molecule has 0 unspecified atom stereocenters. The summed E-state index contributed by atoms with van der Waals surface area (Å²) in [7, 11) is 0. The molecule has 2 heterocycles. The average molecular weight is 401 g/mol. The third-order valence-corrected chi connectivity index (χ3v) is 6.51. The van der Waals surface area contributed by atoms with Gasteiger partial charge < -0.3 is 19.8 Å². The van der Waals surface area contributed by atoms with E-state index in [4.69, 9.17) is 4.74 Å². The number of benzene rings is 3. The van der Waals surface area contributed by atoms with Gasteiger partial charge in [-0.2, -0.15) is 0 Å². The standard InChI is InChI=1S/C25H23NO4/c1-4-26-22(29)13-16-7-5-6-8-17(16)25(26)18-9-11-20(27)14(2)23(18)30-24-15(3)21(28)12-10-19(24)25/h5-12,27-28H,4,13H2,1-3H3. The van der Waals surface area contributed by atoms with Crippen molar-refractivity contribution in [3.05, 3.63) is 81.9 Å². The van der Waals surface area contributed by atoms with Crippen LogP contribution in [0.4, 0.5) is 0 Å². The Hall–Kier alpha value is -3.47. The molecule has 0 fully saturated rings. The molecular weight excluding hydrogens is 378 g/mol. The van der Waals surface area contributed by atoms with Crippen LogP contribution in [0.3, 0.4) is 0 Å². The normalized spacial score (nSPS) is 16.0. The SMILES string of the molecule is CCN1C(=O)Cc2ccccc2C12c1ccc(O)c(C)c1Oc1c2ccc(O)c1C. The molecule has 0 bridgehead atoms. The van der Waals surface area contributed by atoms with E-state index in [-0.39, 0.29) is 17.4 Å². The summed E-state index contributed by atoms with van der Waals surface area (Å²) in [5.74, 6) is 1.34. The molecule has 1 amide bonds. The number of rotatable bonds is 1. The number of phenols is 2. The molecule has 1 spiro atoms. The predicted octanol–water partition coefficient (Wildman–Crippen LogP) is 4.52. The zero-order chi connectivity index (χ0) is 21.2. The Morgan fingerprint density at radius 1 is 0.900 bits per heavy atom. The molecule has 2 N–H and O–H groups in total. The van der Waals surface area contributed by atoms with Crippen molar-refractivity contribution >= 4 is 5.91 Å². The number of nitrogens with zero attached hydrogens (tertiary/aromatic N) is 1. The van der Waals surface area contributed by atoms with E-state index in [1.807, 2.05) is 42.2 Å². The first-order chi connectivity index (χ1) is 14.4. The van der Waals surface area contributed by atoms with E-state index in [1.54, 1.807) is 26.0 Å². The van der Waals surface area contributed by atoms with Crippen molar-refractivity contribution < 1.29 is 19.7 Å². The Balaban J connectivity index is 2.01. The topological polar surface area (TPSA) is 70.0 Å². The minimum atomic E-state index is -0.902. The monoisotopic (exact) mass is 401 g/mol. The van der Waals surface area contributed by atoms with Crippen molar-refractivity contribution in [1.29, 1.82) is 0 Å². The van der Waals surface area contributed by atoms with E-state index in [0.29, 0.717) is 35.6 Å². The van der Waals surface area contributed by atoms with Gasteiger partial charge in [-0.3, -0.25) is 4.79 Å².